The molecule has 0 spiro atoms. The zero-order valence-electron chi connectivity index (χ0n) is 8.28. The molecule has 0 saturated heterocycles. The van der Waals surface area contributed by atoms with Gasteiger partial charge in [-0.15, -0.1) is 0 Å². The molecular formula is C12H5Br5. The molecule has 0 aliphatic rings. The van der Waals surface area contributed by atoms with Gasteiger partial charge in [0, 0.05) is 27.9 Å². The number of hydrogen-bond acceptors (Lipinski definition) is 0. The van der Waals surface area contributed by atoms with Gasteiger partial charge >= 0.3 is 0 Å². The van der Waals surface area contributed by atoms with E-state index in [-0.39, 0.29) is 0 Å². The zero-order valence-corrected chi connectivity index (χ0v) is 16.2. The summed E-state index contributed by atoms with van der Waals surface area (Å²) in [5.74, 6) is 0. The third kappa shape index (κ3) is 3.06. The molecule has 2 rings (SSSR count). The summed E-state index contributed by atoms with van der Waals surface area (Å²) in [6, 6.07) is 10.2. The van der Waals surface area contributed by atoms with Crippen molar-refractivity contribution in [1.29, 1.82) is 0 Å². The molecule has 0 N–H and O–H groups in total. The molecule has 0 fully saturated rings. The number of benzene rings is 2. The van der Waals surface area contributed by atoms with Crippen LogP contribution in [-0.4, -0.2) is 0 Å². The van der Waals surface area contributed by atoms with E-state index in [0.29, 0.717) is 0 Å². The van der Waals surface area contributed by atoms with Crippen LogP contribution in [0.25, 0.3) is 11.1 Å². The van der Waals surface area contributed by atoms with Crippen LogP contribution in [0.3, 0.4) is 0 Å². The van der Waals surface area contributed by atoms with Gasteiger partial charge in [-0.1, -0.05) is 59.9 Å². The molecule has 0 saturated carbocycles. The summed E-state index contributed by atoms with van der Waals surface area (Å²) in [5.41, 5.74) is 2.26. The zero-order chi connectivity index (χ0) is 12.6. The van der Waals surface area contributed by atoms with Gasteiger partial charge in [-0.25, -0.2) is 0 Å². The fourth-order valence-electron chi connectivity index (χ4n) is 1.50. The highest BCUT2D eigenvalue weighted by Crippen LogP contribution is 2.42. The average molecular weight is 549 g/mol. The summed E-state index contributed by atoms with van der Waals surface area (Å²) < 4.78 is 5.20. The van der Waals surface area contributed by atoms with Gasteiger partial charge in [0.2, 0.25) is 0 Å². The van der Waals surface area contributed by atoms with Gasteiger partial charge in [0.25, 0.3) is 0 Å². The minimum Gasteiger partial charge on any atom is -0.0604 e. The van der Waals surface area contributed by atoms with E-state index in [9.17, 15) is 0 Å². The third-order valence-corrected chi connectivity index (χ3v) is 5.98. The lowest BCUT2D eigenvalue weighted by atomic mass is 10.1. The van der Waals surface area contributed by atoms with Gasteiger partial charge in [-0.3, -0.25) is 0 Å². The van der Waals surface area contributed by atoms with Gasteiger partial charge in [0.1, 0.15) is 0 Å². The van der Waals surface area contributed by atoms with Crippen molar-refractivity contribution in [2.24, 2.45) is 0 Å². The molecule has 2 aromatic rings. The van der Waals surface area contributed by atoms with Crippen LogP contribution in [0.15, 0.2) is 52.7 Å². The predicted octanol–water partition coefficient (Wildman–Crippen LogP) is 7.17. The Morgan fingerprint density at radius 3 is 1.88 bits per heavy atom. The highest BCUT2D eigenvalue weighted by molar-refractivity contribution is 9.13. The van der Waals surface area contributed by atoms with Crippen LogP contribution in [0.5, 0.6) is 0 Å². The normalized spacial score (nSPS) is 10.6. The quantitative estimate of drug-likeness (QED) is 0.355. The SMILES string of the molecule is Brc1cc(Br)c(-c2cccc(Br)c2Br)c(Br)c1. The van der Waals surface area contributed by atoms with E-state index in [1.54, 1.807) is 0 Å². The highest BCUT2D eigenvalue weighted by atomic mass is 79.9. The summed E-state index contributed by atoms with van der Waals surface area (Å²) in [7, 11) is 0. The summed E-state index contributed by atoms with van der Waals surface area (Å²) in [6.07, 6.45) is 0. The predicted molar refractivity (Wildman–Crippen MR) is 90.4 cm³/mol. The van der Waals surface area contributed by atoms with Crippen LogP contribution in [-0.2, 0) is 0 Å². The van der Waals surface area contributed by atoms with Crippen LogP contribution in [0.2, 0.25) is 0 Å². The van der Waals surface area contributed by atoms with E-state index in [1.807, 2.05) is 24.3 Å². The van der Waals surface area contributed by atoms with Crippen LogP contribution in [0.1, 0.15) is 0 Å². The molecule has 0 bridgehead atoms. The lowest BCUT2D eigenvalue weighted by molar-refractivity contribution is 1.49. The van der Waals surface area contributed by atoms with E-state index in [1.165, 1.54) is 0 Å². The Morgan fingerprint density at radius 1 is 0.706 bits per heavy atom. The average Bonchev–Trinajstić information content (AvgIpc) is 2.23. The largest absolute Gasteiger partial charge is 0.0604 e. The molecule has 0 amide bonds. The molecule has 0 aliphatic heterocycles. The van der Waals surface area contributed by atoms with Gasteiger partial charge in [-0.05, 0) is 55.6 Å². The second-order valence-corrected chi connectivity index (χ2v) is 7.62. The molecule has 0 radical (unpaired) electrons. The second kappa shape index (κ2) is 5.87. The maximum absolute atomic E-state index is 3.60. The topological polar surface area (TPSA) is 0 Å². The summed E-state index contributed by atoms with van der Waals surface area (Å²) in [5, 5.41) is 0. The molecule has 5 heteroatoms. The first-order chi connectivity index (χ1) is 8.00. The van der Waals surface area contributed by atoms with E-state index in [2.05, 4.69) is 85.7 Å². The lowest BCUT2D eigenvalue weighted by Gasteiger charge is -2.11. The molecular weight excluding hydrogens is 544 g/mol. The molecule has 0 atom stereocenters. The van der Waals surface area contributed by atoms with E-state index >= 15 is 0 Å². The smallest absolute Gasteiger partial charge is 0.0396 e. The molecule has 0 heterocycles. The van der Waals surface area contributed by atoms with Crippen LogP contribution in [0, 0.1) is 0 Å². The van der Waals surface area contributed by atoms with Crippen LogP contribution in [0.4, 0.5) is 0 Å². The van der Waals surface area contributed by atoms with Gasteiger partial charge in [-0.2, -0.15) is 0 Å². The first-order valence-corrected chi connectivity index (χ1v) is 8.56. The van der Waals surface area contributed by atoms with Crippen molar-refractivity contribution in [3.05, 3.63) is 52.7 Å². The van der Waals surface area contributed by atoms with Crippen molar-refractivity contribution in [2.45, 2.75) is 0 Å². The highest BCUT2D eigenvalue weighted by Gasteiger charge is 2.13. The summed E-state index contributed by atoms with van der Waals surface area (Å²) >= 11 is 17.8. The van der Waals surface area contributed by atoms with E-state index < -0.39 is 0 Å². The number of rotatable bonds is 1. The minimum absolute atomic E-state index is 1.03. The van der Waals surface area contributed by atoms with Crippen molar-refractivity contribution in [2.75, 3.05) is 0 Å². The Balaban J connectivity index is 2.73. The van der Waals surface area contributed by atoms with Crippen molar-refractivity contribution in [3.8, 4) is 11.1 Å². The Kier molecular flexibility index (Phi) is 4.92. The first kappa shape index (κ1) is 14.3. The summed E-state index contributed by atoms with van der Waals surface area (Å²) in [4.78, 5) is 0. The van der Waals surface area contributed by atoms with E-state index in [0.717, 1.165) is 33.5 Å². The fraction of sp³-hybridized carbons (Fsp3) is 0. The summed E-state index contributed by atoms with van der Waals surface area (Å²) in [6.45, 7) is 0. The standard InChI is InChI=1S/C12H5Br5/c13-6-4-9(15)11(10(16)5-6)7-2-1-3-8(14)12(7)17/h1-5H. The Hall–Kier alpha value is 0.840. The molecule has 2 aromatic carbocycles. The van der Waals surface area contributed by atoms with Crippen molar-refractivity contribution < 1.29 is 0 Å². The van der Waals surface area contributed by atoms with Crippen molar-refractivity contribution in [3.63, 3.8) is 0 Å². The van der Waals surface area contributed by atoms with E-state index in [4.69, 9.17) is 0 Å². The number of halogens is 5. The first-order valence-electron chi connectivity index (χ1n) is 4.59. The molecule has 17 heavy (non-hydrogen) atoms. The Bertz CT molecular complexity index is 554. The molecule has 0 aromatic heterocycles. The fourth-order valence-corrected chi connectivity index (χ4v) is 5.01. The van der Waals surface area contributed by atoms with Gasteiger partial charge in [0.15, 0.2) is 0 Å². The van der Waals surface area contributed by atoms with Crippen molar-refractivity contribution >= 4 is 79.6 Å². The van der Waals surface area contributed by atoms with Crippen LogP contribution >= 0.6 is 79.6 Å². The molecule has 0 unspecified atom stereocenters. The molecule has 88 valence electrons. The Morgan fingerprint density at radius 2 is 1.29 bits per heavy atom. The van der Waals surface area contributed by atoms with Crippen molar-refractivity contribution in [1.82, 2.24) is 0 Å². The Labute approximate surface area is 142 Å². The maximum Gasteiger partial charge on any atom is 0.0396 e. The molecule has 0 nitrogen and oxygen atoms in total. The minimum atomic E-state index is 1.03. The van der Waals surface area contributed by atoms with Crippen LogP contribution < -0.4 is 0 Å². The third-order valence-electron chi connectivity index (χ3n) is 2.23. The maximum atomic E-state index is 3.60. The van der Waals surface area contributed by atoms with Gasteiger partial charge in [0.05, 0.1) is 0 Å². The lowest BCUT2D eigenvalue weighted by Crippen LogP contribution is -1.85. The monoisotopic (exact) mass is 544 g/mol. The molecule has 0 aliphatic carbocycles. The van der Waals surface area contributed by atoms with Gasteiger partial charge < -0.3 is 0 Å². The number of hydrogen-bond donors (Lipinski definition) is 0. The second-order valence-electron chi connectivity index (χ2n) is 3.35.